The average Bonchev–Trinajstić information content (AvgIpc) is 2.69. The molecular formula is C21H20N4O3. The van der Waals surface area contributed by atoms with Gasteiger partial charge in [0.2, 0.25) is 5.91 Å². The molecule has 0 bridgehead atoms. The number of ether oxygens (including phenoxy) is 1. The van der Waals surface area contributed by atoms with Crippen molar-refractivity contribution in [1.29, 1.82) is 0 Å². The molecule has 3 aromatic rings. The second-order valence-electron chi connectivity index (χ2n) is 6.69. The summed E-state index contributed by atoms with van der Waals surface area (Å²) in [4.78, 5) is 28.7. The Labute approximate surface area is 162 Å². The summed E-state index contributed by atoms with van der Waals surface area (Å²) in [6.07, 6.45) is 1.20. The Balaban J connectivity index is 1.48. The van der Waals surface area contributed by atoms with E-state index in [1.807, 2.05) is 36.4 Å². The fourth-order valence-electron chi connectivity index (χ4n) is 3.07. The predicted octanol–water partition coefficient (Wildman–Crippen LogP) is 3.39. The van der Waals surface area contributed by atoms with Crippen LogP contribution in [0.4, 0.5) is 17.1 Å². The number of fused-ring (bicyclic) bond motifs is 2. The molecule has 1 aliphatic heterocycles. The van der Waals surface area contributed by atoms with Crippen molar-refractivity contribution >= 4 is 39.8 Å². The number of amides is 2. The standard InChI is InChI=1S/C21H20N4O3/c1-12(20(26)24-17-7-3-6-16-15(17)5-4-10-22-16)23-14-8-9-19-18(11-14)25-21(27)13(2)28-19/h3-13,23H,1-2H3,(H,24,26)(H,25,27)/t12-,13-/m1/s1. The summed E-state index contributed by atoms with van der Waals surface area (Å²) in [6.45, 7) is 3.47. The lowest BCUT2D eigenvalue weighted by molar-refractivity contribution is -0.122. The largest absolute Gasteiger partial charge is 0.479 e. The molecule has 0 saturated heterocycles. The minimum atomic E-state index is -0.522. The first-order valence-electron chi connectivity index (χ1n) is 9.04. The van der Waals surface area contributed by atoms with E-state index in [1.54, 1.807) is 32.2 Å². The average molecular weight is 376 g/mol. The van der Waals surface area contributed by atoms with Gasteiger partial charge < -0.3 is 20.7 Å². The van der Waals surface area contributed by atoms with Crippen LogP contribution in [0.15, 0.2) is 54.7 Å². The molecule has 7 nitrogen and oxygen atoms in total. The van der Waals surface area contributed by atoms with Gasteiger partial charge in [0.1, 0.15) is 11.8 Å². The number of aromatic nitrogens is 1. The summed E-state index contributed by atoms with van der Waals surface area (Å²) >= 11 is 0. The summed E-state index contributed by atoms with van der Waals surface area (Å²) in [5.41, 5.74) is 2.82. The fourth-order valence-corrected chi connectivity index (χ4v) is 3.07. The van der Waals surface area contributed by atoms with Crippen molar-refractivity contribution in [3.8, 4) is 5.75 Å². The third-order valence-corrected chi connectivity index (χ3v) is 4.59. The van der Waals surface area contributed by atoms with E-state index in [0.29, 0.717) is 22.8 Å². The normalized spacial score (nSPS) is 16.5. The van der Waals surface area contributed by atoms with Crippen LogP contribution in [0.5, 0.6) is 5.75 Å². The van der Waals surface area contributed by atoms with Crippen LogP contribution in [-0.2, 0) is 9.59 Å². The zero-order chi connectivity index (χ0) is 19.7. The molecule has 4 rings (SSSR count). The lowest BCUT2D eigenvalue weighted by atomic mass is 10.1. The Morgan fingerprint density at radius 3 is 2.93 bits per heavy atom. The van der Waals surface area contributed by atoms with Crippen LogP contribution in [-0.4, -0.2) is 28.9 Å². The molecule has 7 heteroatoms. The van der Waals surface area contributed by atoms with Crippen LogP contribution in [0.3, 0.4) is 0 Å². The molecule has 0 saturated carbocycles. The topological polar surface area (TPSA) is 92.4 Å². The van der Waals surface area contributed by atoms with Gasteiger partial charge in [-0.1, -0.05) is 6.07 Å². The Morgan fingerprint density at radius 2 is 2.07 bits per heavy atom. The molecule has 0 spiro atoms. The summed E-state index contributed by atoms with van der Waals surface area (Å²) < 4.78 is 5.55. The molecule has 0 aliphatic carbocycles. The Hall–Kier alpha value is -3.61. The van der Waals surface area contributed by atoms with Gasteiger partial charge in [0.05, 0.1) is 16.9 Å². The number of carbonyl (C=O) groups excluding carboxylic acids is 2. The highest BCUT2D eigenvalue weighted by molar-refractivity contribution is 6.03. The first-order valence-corrected chi connectivity index (χ1v) is 9.04. The molecule has 1 aromatic heterocycles. The van der Waals surface area contributed by atoms with Crippen molar-refractivity contribution in [2.75, 3.05) is 16.0 Å². The molecule has 0 radical (unpaired) electrons. The summed E-state index contributed by atoms with van der Waals surface area (Å²) in [7, 11) is 0. The van der Waals surface area contributed by atoms with Crippen LogP contribution in [0.25, 0.3) is 10.9 Å². The molecule has 2 heterocycles. The van der Waals surface area contributed by atoms with E-state index in [-0.39, 0.29) is 11.8 Å². The highest BCUT2D eigenvalue weighted by atomic mass is 16.5. The quantitative estimate of drug-likeness (QED) is 0.649. The molecule has 0 fully saturated rings. The third-order valence-electron chi connectivity index (χ3n) is 4.59. The highest BCUT2D eigenvalue weighted by Crippen LogP contribution is 2.32. The second-order valence-corrected chi connectivity index (χ2v) is 6.69. The molecule has 0 unspecified atom stereocenters. The van der Waals surface area contributed by atoms with Crippen molar-refractivity contribution in [3.63, 3.8) is 0 Å². The molecular weight excluding hydrogens is 356 g/mol. The van der Waals surface area contributed by atoms with Crippen molar-refractivity contribution in [3.05, 3.63) is 54.7 Å². The maximum atomic E-state index is 12.7. The third kappa shape index (κ3) is 3.46. The van der Waals surface area contributed by atoms with Gasteiger partial charge in [0.15, 0.2) is 6.10 Å². The Morgan fingerprint density at radius 1 is 1.21 bits per heavy atom. The van der Waals surface area contributed by atoms with E-state index in [0.717, 1.165) is 10.9 Å². The molecule has 3 N–H and O–H groups in total. The molecule has 1 aliphatic rings. The lowest BCUT2D eigenvalue weighted by Crippen LogP contribution is -2.34. The van der Waals surface area contributed by atoms with E-state index in [2.05, 4.69) is 20.9 Å². The van der Waals surface area contributed by atoms with E-state index in [4.69, 9.17) is 4.74 Å². The summed E-state index contributed by atoms with van der Waals surface area (Å²) in [5.74, 6) is 0.237. The van der Waals surface area contributed by atoms with Crippen LogP contribution in [0.1, 0.15) is 13.8 Å². The Kier molecular flexibility index (Phi) is 4.57. The number of carbonyl (C=O) groups is 2. The monoisotopic (exact) mass is 376 g/mol. The number of anilines is 3. The van der Waals surface area contributed by atoms with Gasteiger partial charge in [0.25, 0.3) is 5.91 Å². The number of nitrogens with zero attached hydrogens (tertiary/aromatic N) is 1. The van der Waals surface area contributed by atoms with E-state index >= 15 is 0 Å². The zero-order valence-electron chi connectivity index (χ0n) is 15.5. The first-order chi connectivity index (χ1) is 13.5. The molecule has 28 heavy (non-hydrogen) atoms. The maximum Gasteiger partial charge on any atom is 0.265 e. The van der Waals surface area contributed by atoms with E-state index in [9.17, 15) is 9.59 Å². The van der Waals surface area contributed by atoms with Crippen molar-refractivity contribution in [1.82, 2.24) is 4.98 Å². The van der Waals surface area contributed by atoms with Gasteiger partial charge in [-0.05, 0) is 56.3 Å². The SMILES string of the molecule is C[C@@H](Nc1ccc2c(c1)NC(=O)[C@@H](C)O2)C(=O)Nc1cccc2ncccc12. The minimum absolute atomic E-state index is 0.178. The van der Waals surface area contributed by atoms with E-state index < -0.39 is 12.1 Å². The smallest absolute Gasteiger partial charge is 0.265 e. The van der Waals surface area contributed by atoms with Gasteiger partial charge in [-0.3, -0.25) is 14.6 Å². The number of hydrogen-bond donors (Lipinski definition) is 3. The Bertz CT molecular complexity index is 1060. The van der Waals surface area contributed by atoms with Gasteiger partial charge in [-0.15, -0.1) is 0 Å². The lowest BCUT2D eigenvalue weighted by Gasteiger charge is -2.24. The first kappa shape index (κ1) is 17.8. The second kappa shape index (κ2) is 7.19. The summed E-state index contributed by atoms with van der Waals surface area (Å²) in [5, 5.41) is 9.78. The summed E-state index contributed by atoms with van der Waals surface area (Å²) in [6, 6.07) is 14.2. The number of hydrogen-bond acceptors (Lipinski definition) is 5. The predicted molar refractivity (Wildman–Crippen MR) is 109 cm³/mol. The van der Waals surface area contributed by atoms with Gasteiger partial charge >= 0.3 is 0 Å². The van der Waals surface area contributed by atoms with Crippen LogP contribution in [0.2, 0.25) is 0 Å². The van der Waals surface area contributed by atoms with Crippen molar-refractivity contribution in [2.45, 2.75) is 26.0 Å². The maximum absolute atomic E-state index is 12.7. The van der Waals surface area contributed by atoms with Crippen LogP contribution in [0, 0.1) is 0 Å². The van der Waals surface area contributed by atoms with Gasteiger partial charge in [0, 0.05) is 17.3 Å². The number of rotatable bonds is 4. The van der Waals surface area contributed by atoms with Gasteiger partial charge in [-0.25, -0.2) is 0 Å². The molecule has 2 aromatic carbocycles. The number of benzene rings is 2. The van der Waals surface area contributed by atoms with Crippen molar-refractivity contribution in [2.24, 2.45) is 0 Å². The number of pyridine rings is 1. The minimum Gasteiger partial charge on any atom is -0.479 e. The fraction of sp³-hybridized carbons (Fsp3) is 0.190. The molecule has 2 amide bonds. The van der Waals surface area contributed by atoms with E-state index in [1.165, 1.54) is 0 Å². The van der Waals surface area contributed by atoms with Gasteiger partial charge in [-0.2, -0.15) is 0 Å². The molecule has 142 valence electrons. The molecule has 2 atom stereocenters. The zero-order valence-corrected chi connectivity index (χ0v) is 15.5. The number of nitrogens with one attached hydrogen (secondary N) is 3. The van der Waals surface area contributed by atoms with Crippen LogP contribution < -0.4 is 20.7 Å². The van der Waals surface area contributed by atoms with Crippen LogP contribution >= 0.6 is 0 Å². The highest BCUT2D eigenvalue weighted by Gasteiger charge is 2.24. The van der Waals surface area contributed by atoms with Crippen molar-refractivity contribution < 1.29 is 14.3 Å².